The summed E-state index contributed by atoms with van der Waals surface area (Å²) in [4.78, 5) is 12.2. The molecule has 0 bridgehead atoms. The van der Waals surface area contributed by atoms with Crippen molar-refractivity contribution < 1.29 is 9.90 Å². The van der Waals surface area contributed by atoms with E-state index >= 15 is 0 Å². The maximum atomic E-state index is 12.2. The molecule has 2 aromatic carbocycles. The summed E-state index contributed by atoms with van der Waals surface area (Å²) in [7, 11) is 0. The number of halogens is 1. The van der Waals surface area contributed by atoms with E-state index < -0.39 is 6.10 Å². The summed E-state index contributed by atoms with van der Waals surface area (Å²) in [6.45, 7) is 1.92. The first-order valence-electron chi connectivity index (χ1n) is 5.63. The highest BCUT2D eigenvalue weighted by atomic mass is 79.9. The van der Waals surface area contributed by atoms with E-state index in [0.29, 0.717) is 11.1 Å². The number of aliphatic hydroxyl groups is 1. The van der Waals surface area contributed by atoms with Crippen molar-refractivity contribution in [2.24, 2.45) is 0 Å². The Labute approximate surface area is 114 Å². The summed E-state index contributed by atoms with van der Waals surface area (Å²) in [5.74, 6) is -0.286. The molecule has 0 amide bonds. The Morgan fingerprint density at radius 2 is 1.89 bits per heavy atom. The van der Waals surface area contributed by atoms with E-state index in [-0.39, 0.29) is 5.78 Å². The topological polar surface area (TPSA) is 37.3 Å². The number of ketones is 1. The van der Waals surface area contributed by atoms with E-state index in [2.05, 4.69) is 15.9 Å². The minimum Gasteiger partial charge on any atom is -0.380 e. The van der Waals surface area contributed by atoms with E-state index in [1.54, 1.807) is 24.3 Å². The first kappa shape index (κ1) is 13.0. The zero-order valence-corrected chi connectivity index (χ0v) is 11.5. The normalized spacial score (nSPS) is 12.2. The fourth-order valence-corrected chi connectivity index (χ4v) is 2.30. The van der Waals surface area contributed by atoms with Gasteiger partial charge in [0.15, 0.2) is 5.78 Å². The highest BCUT2D eigenvalue weighted by Crippen LogP contribution is 2.26. The first-order chi connectivity index (χ1) is 8.59. The third kappa shape index (κ3) is 2.68. The Balaban J connectivity index is 2.32. The van der Waals surface area contributed by atoms with Crippen LogP contribution in [0.5, 0.6) is 0 Å². The Bertz CT molecular complexity index is 578. The molecular formula is C15H13BrO2. The van der Waals surface area contributed by atoms with E-state index in [1.807, 2.05) is 31.2 Å². The Morgan fingerprint density at radius 3 is 2.56 bits per heavy atom. The van der Waals surface area contributed by atoms with Gasteiger partial charge in [-0.25, -0.2) is 0 Å². The molecule has 3 heteroatoms. The van der Waals surface area contributed by atoms with Crippen LogP contribution in [-0.2, 0) is 0 Å². The summed E-state index contributed by atoms with van der Waals surface area (Å²) >= 11 is 3.34. The van der Waals surface area contributed by atoms with Crippen LogP contribution in [-0.4, -0.2) is 10.9 Å². The van der Waals surface area contributed by atoms with Gasteiger partial charge in [0.2, 0.25) is 0 Å². The van der Waals surface area contributed by atoms with Crippen molar-refractivity contribution in [3.63, 3.8) is 0 Å². The highest BCUT2D eigenvalue weighted by Gasteiger charge is 2.20. The van der Waals surface area contributed by atoms with E-state index in [9.17, 15) is 9.90 Å². The number of carbonyl (C=O) groups is 1. The molecule has 1 N–H and O–H groups in total. The quantitative estimate of drug-likeness (QED) is 0.878. The third-order valence-corrected chi connectivity index (χ3v) is 3.47. The number of rotatable bonds is 3. The largest absolute Gasteiger partial charge is 0.380 e. The second kappa shape index (κ2) is 5.46. The van der Waals surface area contributed by atoms with E-state index in [4.69, 9.17) is 0 Å². The predicted molar refractivity (Wildman–Crippen MR) is 74.6 cm³/mol. The molecule has 0 aliphatic carbocycles. The monoisotopic (exact) mass is 304 g/mol. The average molecular weight is 305 g/mol. The van der Waals surface area contributed by atoms with Gasteiger partial charge in [-0.3, -0.25) is 4.79 Å². The van der Waals surface area contributed by atoms with Gasteiger partial charge in [-0.1, -0.05) is 57.9 Å². The van der Waals surface area contributed by atoms with Crippen molar-refractivity contribution in [3.05, 3.63) is 69.7 Å². The Kier molecular flexibility index (Phi) is 3.94. The minimum atomic E-state index is -1.14. The van der Waals surface area contributed by atoms with Crippen molar-refractivity contribution in [2.45, 2.75) is 13.0 Å². The first-order valence-corrected chi connectivity index (χ1v) is 6.42. The molecule has 2 aromatic rings. The molecule has 0 saturated carbocycles. The smallest absolute Gasteiger partial charge is 0.195 e. The van der Waals surface area contributed by atoms with Crippen LogP contribution < -0.4 is 0 Å². The summed E-state index contributed by atoms with van der Waals surface area (Å²) in [5, 5.41) is 10.1. The van der Waals surface area contributed by atoms with E-state index in [0.717, 1.165) is 10.0 Å². The van der Waals surface area contributed by atoms with Crippen LogP contribution in [0, 0.1) is 6.92 Å². The number of aryl methyl sites for hydroxylation is 1. The van der Waals surface area contributed by atoms with Crippen molar-refractivity contribution in [2.75, 3.05) is 0 Å². The predicted octanol–water partition coefficient (Wildman–Crippen LogP) is 3.67. The maximum Gasteiger partial charge on any atom is 0.195 e. The second-order valence-electron chi connectivity index (χ2n) is 4.16. The molecule has 2 rings (SSSR count). The second-order valence-corrected chi connectivity index (χ2v) is 5.01. The van der Waals surface area contributed by atoms with Crippen LogP contribution >= 0.6 is 15.9 Å². The number of benzene rings is 2. The molecule has 0 aliphatic heterocycles. The van der Waals surface area contributed by atoms with Crippen molar-refractivity contribution in [3.8, 4) is 0 Å². The van der Waals surface area contributed by atoms with Crippen LogP contribution in [0.15, 0.2) is 53.0 Å². The fourth-order valence-electron chi connectivity index (χ4n) is 1.79. The SMILES string of the molecule is Cc1cccc(C(=O)[C@@H](O)c2ccccc2Br)c1. The lowest BCUT2D eigenvalue weighted by Gasteiger charge is -2.12. The molecule has 92 valence electrons. The molecule has 0 fully saturated rings. The molecule has 0 unspecified atom stereocenters. The van der Waals surface area contributed by atoms with Crippen LogP contribution in [0.1, 0.15) is 27.6 Å². The van der Waals surface area contributed by atoms with Gasteiger partial charge in [0, 0.05) is 15.6 Å². The lowest BCUT2D eigenvalue weighted by Crippen LogP contribution is -2.12. The number of hydrogen-bond acceptors (Lipinski definition) is 2. The van der Waals surface area contributed by atoms with Gasteiger partial charge in [0.1, 0.15) is 6.10 Å². The molecule has 0 heterocycles. The lowest BCUT2D eigenvalue weighted by molar-refractivity contribution is 0.0746. The summed E-state index contributed by atoms with van der Waals surface area (Å²) in [5.41, 5.74) is 2.11. The highest BCUT2D eigenvalue weighted by molar-refractivity contribution is 9.10. The van der Waals surface area contributed by atoms with Gasteiger partial charge in [-0.15, -0.1) is 0 Å². The summed E-state index contributed by atoms with van der Waals surface area (Å²) < 4.78 is 0.735. The third-order valence-electron chi connectivity index (χ3n) is 2.75. The van der Waals surface area contributed by atoms with Crippen LogP contribution in [0.2, 0.25) is 0 Å². The van der Waals surface area contributed by atoms with Gasteiger partial charge in [0.25, 0.3) is 0 Å². The molecule has 0 radical (unpaired) electrons. The molecule has 0 saturated heterocycles. The molecule has 18 heavy (non-hydrogen) atoms. The zero-order valence-electron chi connectivity index (χ0n) is 9.93. The minimum absolute atomic E-state index is 0.286. The van der Waals surface area contributed by atoms with Gasteiger partial charge in [-0.2, -0.15) is 0 Å². The number of hydrogen-bond donors (Lipinski definition) is 1. The molecule has 0 aliphatic rings. The molecule has 0 aromatic heterocycles. The van der Waals surface area contributed by atoms with Crippen LogP contribution in [0.4, 0.5) is 0 Å². The van der Waals surface area contributed by atoms with Crippen LogP contribution in [0.3, 0.4) is 0 Å². The van der Waals surface area contributed by atoms with Gasteiger partial charge in [0.05, 0.1) is 0 Å². The zero-order chi connectivity index (χ0) is 13.1. The Morgan fingerprint density at radius 1 is 1.17 bits per heavy atom. The van der Waals surface area contributed by atoms with Crippen molar-refractivity contribution >= 4 is 21.7 Å². The molecular weight excluding hydrogens is 292 g/mol. The summed E-state index contributed by atoms with van der Waals surface area (Å²) in [6, 6.07) is 14.4. The number of aliphatic hydroxyl groups excluding tert-OH is 1. The summed E-state index contributed by atoms with van der Waals surface area (Å²) in [6.07, 6.45) is -1.14. The van der Waals surface area contributed by atoms with E-state index in [1.165, 1.54) is 0 Å². The molecule has 0 spiro atoms. The van der Waals surface area contributed by atoms with Gasteiger partial charge >= 0.3 is 0 Å². The Hall–Kier alpha value is -1.45. The number of carbonyl (C=O) groups excluding carboxylic acids is 1. The van der Waals surface area contributed by atoms with Crippen molar-refractivity contribution in [1.82, 2.24) is 0 Å². The van der Waals surface area contributed by atoms with Crippen molar-refractivity contribution in [1.29, 1.82) is 0 Å². The van der Waals surface area contributed by atoms with Gasteiger partial charge in [-0.05, 0) is 19.1 Å². The maximum absolute atomic E-state index is 12.2. The standard InChI is InChI=1S/C15H13BrO2/c1-10-5-4-6-11(9-10)14(17)15(18)12-7-2-3-8-13(12)16/h2-9,15,18H,1H3/t15-/m0/s1. The fraction of sp³-hybridized carbons (Fsp3) is 0.133. The average Bonchev–Trinajstić information content (AvgIpc) is 2.37. The van der Waals surface area contributed by atoms with Crippen LogP contribution in [0.25, 0.3) is 0 Å². The molecule has 1 atom stereocenters. The lowest BCUT2D eigenvalue weighted by atomic mass is 9.99. The number of Topliss-reactive ketones (excluding diaryl/α,β-unsaturated/α-hetero) is 1. The van der Waals surface area contributed by atoms with Gasteiger partial charge < -0.3 is 5.11 Å². The molecule has 2 nitrogen and oxygen atoms in total.